The number of nitrogens with one attached hydrogen (secondary N) is 1. The number of piperidine rings is 1. The van der Waals surface area contributed by atoms with Gasteiger partial charge in [-0.15, -0.1) is 13.2 Å². The maximum atomic E-state index is 12.9. The molecule has 194 valence electrons. The summed E-state index contributed by atoms with van der Waals surface area (Å²) in [4.78, 5) is 23.4. The molecule has 1 aromatic heterocycles. The molecule has 4 rings (SSSR count). The van der Waals surface area contributed by atoms with E-state index in [1.807, 2.05) is 6.07 Å². The second-order valence-electron chi connectivity index (χ2n) is 9.56. The molecule has 10 heteroatoms. The number of aromatic nitrogens is 1. The highest BCUT2D eigenvalue weighted by molar-refractivity contribution is 5.94. The van der Waals surface area contributed by atoms with E-state index in [0.29, 0.717) is 30.6 Å². The topological polar surface area (TPSA) is 92.8 Å². The molecule has 36 heavy (non-hydrogen) atoms. The van der Waals surface area contributed by atoms with Crippen molar-refractivity contribution in [2.45, 2.75) is 56.8 Å². The van der Waals surface area contributed by atoms with Gasteiger partial charge in [-0.3, -0.25) is 9.79 Å². The molecule has 7 nitrogen and oxygen atoms in total. The van der Waals surface area contributed by atoms with Crippen molar-refractivity contribution in [1.82, 2.24) is 9.88 Å². The Hall–Kier alpha value is -3.14. The van der Waals surface area contributed by atoms with Gasteiger partial charge in [0.1, 0.15) is 11.4 Å². The van der Waals surface area contributed by atoms with Gasteiger partial charge in [0, 0.05) is 37.4 Å². The lowest BCUT2D eigenvalue weighted by molar-refractivity contribution is -0.274. The van der Waals surface area contributed by atoms with Gasteiger partial charge in [-0.05, 0) is 93.0 Å². The second-order valence-corrected chi connectivity index (χ2v) is 9.56. The summed E-state index contributed by atoms with van der Waals surface area (Å²) in [5, 5.41) is 3.46. The van der Waals surface area contributed by atoms with Gasteiger partial charge in [0.05, 0.1) is 0 Å². The normalized spacial score (nSPS) is 21.2. The highest BCUT2D eigenvalue weighted by Crippen LogP contribution is 2.38. The molecule has 1 aromatic carbocycles. The van der Waals surface area contributed by atoms with Crippen LogP contribution in [-0.2, 0) is 0 Å². The zero-order valence-corrected chi connectivity index (χ0v) is 20.1. The van der Waals surface area contributed by atoms with Crippen LogP contribution in [0, 0.1) is 5.92 Å². The number of halogens is 3. The van der Waals surface area contributed by atoms with E-state index < -0.39 is 6.36 Å². The second kappa shape index (κ2) is 11.3. The van der Waals surface area contributed by atoms with Crippen molar-refractivity contribution in [1.29, 1.82) is 0 Å². The molecule has 2 fully saturated rings. The van der Waals surface area contributed by atoms with Crippen LogP contribution in [0.4, 0.5) is 24.7 Å². The van der Waals surface area contributed by atoms with Crippen molar-refractivity contribution in [3.8, 4) is 5.75 Å². The third kappa shape index (κ3) is 6.54. The number of benzene rings is 1. The Labute approximate surface area is 208 Å². The summed E-state index contributed by atoms with van der Waals surface area (Å²) in [5.41, 5.74) is 8.17. The number of rotatable bonds is 7. The minimum Gasteiger partial charge on any atom is -0.406 e. The summed E-state index contributed by atoms with van der Waals surface area (Å²) in [6.07, 6.45) is 2.82. The van der Waals surface area contributed by atoms with Crippen LogP contribution in [-0.4, -0.2) is 54.5 Å². The monoisotopic (exact) mass is 503 g/mol. The van der Waals surface area contributed by atoms with Crippen LogP contribution in [0.2, 0.25) is 0 Å². The zero-order valence-electron chi connectivity index (χ0n) is 20.1. The van der Waals surface area contributed by atoms with Gasteiger partial charge < -0.3 is 20.7 Å². The van der Waals surface area contributed by atoms with Crippen molar-refractivity contribution in [2.75, 3.05) is 25.0 Å². The highest BCUT2D eigenvalue weighted by Gasteiger charge is 2.31. The number of carbonyl (C=O) groups excluding carboxylic acids is 1. The lowest BCUT2D eigenvalue weighted by atomic mass is 9.86. The lowest BCUT2D eigenvalue weighted by Gasteiger charge is -2.33. The molecule has 1 aliphatic carbocycles. The first-order valence-electron chi connectivity index (χ1n) is 12.3. The Kier molecular flexibility index (Phi) is 8.13. The van der Waals surface area contributed by atoms with Crippen molar-refractivity contribution in [3.05, 3.63) is 47.7 Å². The van der Waals surface area contributed by atoms with Gasteiger partial charge in [0.25, 0.3) is 5.91 Å². The predicted molar refractivity (Wildman–Crippen MR) is 133 cm³/mol. The molecule has 1 saturated carbocycles. The summed E-state index contributed by atoms with van der Waals surface area (Å²) in [6.45, 7) is 5.67. The molecular weight excluding hydrogens is 471 g/mol. The quantitative estimate of drug-likeness (QED) is 0.503. The van der Waals surface area contributed by atoms with E-state index in [1.165, 1.54) is 12.1 Å². The van der Waals surface area contributed by atoms with Gasteiger partial charge >= 0.3 is 6.36 Å². The predicted octanol–water partition coefficient (Wildman–Crippen LogP) is 5.26. The van der Waals surface area contributed by atoms with Crippen LogP contribution >= 0.6 is 0 Å². The van der Waals surface area contributed by atoms with Crippen molar-refractivity contribution >= 4 is 24.1 Å². The van der Waals surface area contributed by atoms with Gasteiger partial charge in [0.15, 0.2) is 5.82 Å². The van der Waals surface area contributed by atoms with Crippen LogP contribution in [0.5, 0.6) is 5.75 Å². The minimum atomic E-state index is -4.76. The maximum Gasteiger partial charge on any atom is 0.573 e. The van der Waals surface area contributed by atoms with Gasteiger partial charge in [-0.2, -0.15) is 0 Å². The molecule has 1 aliphatic heterocycles. The number of nitrogens with two attached hydrogens (primary N) is 1. The molecule has 0 radical (unpaired) electrons. The number of nitrogens with zero attached hydrogens (tertiary/aromatic N) is 3. The number of likely N-dealkylation sites (tertiary alicyclic amines) is 1. The third-order valence-electron chi connectivity index (χ3n) is 7.12. The first-order chi connectivity index (χ1) is 17.2. The Bertz CT molecular complexity index is 1040. The fourth-order valence-corrected chi connectivity index (χ4v) is 5.10. The number of alkyl halides is 3. The number of amides is 1. The summed E-state index contributed by atoms with van der Waals surface area (Å²) < 4.78 is 41.0. The molecule has 2 aromatic rings. The van der Waals surface area contributed by atoms with E-state index in [0.717, 1.165) is 74.3 Å². The Balaban J connectivity index is 1.35. The lowest BCUT2D eigenvalue weighted by Crippen LogP contribution is -2.38. The van der Waals surface area contributed by atoms with Crippen molar-refractivity contribution in [3.63, 3.8) is 0 Å². The van der Waals surface area contributed by atoms with Crippen LogP contribution in [0.25, 0.3) is 0 Å². The molecule has 0 unspecified atom stereocenters. The van der Waals surface area contributed by atoms with Crippen molar-refractivity contribution in [2.24, 2.45) is 16.6 Å². The van der Waals surface area contributed by atoms with Gasteiger partial charge in [-0.1, -0.05) is 0 Å². The fourth-order valence-electron chi connectivity index (χ4n) is 5.10. The molecule has 2 heterocycles. The first kappa shape index (κ1) is 25.9. The summed E-state index contributed by atoms with van der Waals surface area (Å²) in [7, 11) is 0. The standard InChI is InChI=1S/C26H32F3N5O2/c1-31-23-22(10-13-32-24(23)33-16-17-2-6-20(30)7-3-17)18-11-14-34(15-12-18)25(35)19-4-8-21(9-5-19)36-26(27,28)29/h4-5,8-10,13,17-18,20H,1-3,6-7,11-12,14-16,30H2,(H,32,33). The molecule has 1 saturated heterocycles. The number of aliphatic imine (C=N–C) groups is 1. The summed E-state index contributed by atoms with van der Waals surface area (Å²) >= 11 is 0. The zero-order chi connectivity index (χ0) is 25.7. The van der Waals surface area contributed by atoms with E-state index in [2.05, 4.69) is 26.7 Å². The van der Waals surface area contributed by atoms with Gasteiger partial charge in [0.2, 0.25) is 0 Å². The maximum absolute atomic E-state index is 12.9. The van der Waals surface area contributed by atoms with E-state index in [1.54, 1.807) is 11.1 Å². The summed E-state index contributed by atoms with van der Waals surface area (Å²) in [6, 6.07) is 7.31. The number of hydrogen-bond acceptors (Lipinski definition) is 6. The third-order valence-corrected chi connectivity index (χ3v) is 7.12. The van der Waals surface area contributed by atoms with E-state index >= 15 is 0 Å². The largest absolute Gasteiger partial charge is 0.573 e. The molecular formula is C26H32F3N5O2. The van der Waals surface area contributed by atoms with E-state index in [9.17, 15) is 18.0 Å². The van der Waals surface area contributed by atoms with Crippen LogP contribution in [0.3, 0.4) is 0 Å². The van der Waals surface area contributed by atoms with Crippen LogP contribution in [0.1, 0.15) is 60.4 Å². The van der Waals surface area contributed by atoms with Gasteiger partial charge in [-0.25, -0.2) is 4.98 Å². The number of carbonyl (C=O) groups is 1. The fraction of sp³-hybridized carbons (Fsp3) is 0.500. The highest BCUT2D eigenvalue weighted by atomic mass is 19.4. The Morgan fingerprint density at radius 3 is 2.39 bits per heavy atom. The molecule has 0 spiro atoms. The molecule has 0 atom stereocenters. The Morgan fingerprint density at radius 1 is 1.11 bits per heavy atom. The number of anilines is 1. The molecule has 3 N–H and O–H groups in total. The van der Waals surface area contributed by atoms with Crippen molar-refractivity contribution < 1.29 is 22.7 Å². The van der Waals surface area contributed by atoms with Crippen LogP contribution < -0.4 is 15.8 Å². The average molecular weight is 504 g/mol. The molecule has 0 bridgehead atoms. The Morgan fingerprint density at radius 2 is 1.78 bits per heavy atom. The first-order valence-corrected chi connectivity index (χ1v) is 12.3. The SMILES string of the molecule is C=Nc1c(C2CCN(C(=O)c3ccc(OC(F)(F)F)cc3)CC2)ccnc1NCC1CCC(N)CC1. The number of ether oxygens (including phenoxy) is 1. The number of hydrogen-bond donors (Lipinski definition) is 2. The van der Waals surface area contributed by atoms with E-state index in [4.69, 9.17) is 5.73 Å². The van der Waals surface area contributed by atoms with E-state index in [-0.39, 0.29) is 17.6 Å². The summed E-state index contributed by atoms with van der Waals surface area (Å²) in [5.74, 6) is 0.941. The van der Waals surface area contributed by atoms with Crippen LogP contribution in [0.15, 0.2) is 41.5 Å². The molecule has 1 amide bonds. The average Bonchev–Trinajstić information content (AvgIpc) is 2.87. The number of pyridine rings is 1. The molecule has 2 aliphatic rings. The smallest absolute Gasteiger partial charge is 0.406 e. The minimum absolute atomic E-state index is 0.202.